The molecule has 2 fully saturated rings. The first-order valence-corrected chi connectivity index (χ1v) is 12.0. The van der Waals surface area contributed by atoms with Crippen molar-refractivity contribution in [3.05, 3.63) is 65.7 Å². The summed E-state index contributed by atoms with van der Waals surface area (Å²) in [5.74, 6) is 0.656. The maximum atomic E-state index is 13.4. The lowest BCUT2D eigenvalue weighted by atomic mass is 9.97. The molecule has 2 aromatic rings. The first kappa shape index (κ1) is 23.3. The van der Waals surface area contributed by atoms with E-state index in [0.29, 0.717) is 17.9 Å². The number of benzene rings is 2. The average molecular weight is 450 g/mol. The Morgan fingerprint density at radius 3 is 2.27 bits per heavy atom. The van der Waals surface area contributed by atoms with Gasteiger partial charge in [-0.25, -0.2) is 0 Å². The van der Waals surface area contributed by atoms with E-state index in [4.69, 9.17) is 4.74 Å². The number of likely N-dealkylation sites (N-methyl/N-ethyl adjacent to an activating group) is 1. The Morgan fingerprint density at radius 1 is 0.939 bits per heavy atom. The van der Waals surface area contributed by atoms with Crippen LogP contribution in [0.25, 0.3) is 0 Å². The molecule has 4 rings (SSSR count). The van der Waals surface area contributed by atoms with Crippen LogP contribution in [0.15, 0.2) is 54.6 Å². The second kappa shape index (κ2) is 10.4. The molecule has 2 aliphatic heterocycles. The van der Waals surface area contributed by atoms with Crippen molar-refractivity contribution in [3.8, 4) is 5.75 Å². The number of nitrogens with zero attached hydrogens (tertiary/aromatic N) is 3. The van der Waals surface area contributed by atoms with Gasteiger partial charge in [-0.3, -0.25) is 9.59 Å². The summed E-state index contributed by atoms with van der Waals surface area (Å²) in [7, 11) is 2.09. The molecule has 2 heterocycles. The van der Waals surface area contributed by atoms with Crippen molar-refractivity contribution in [2.45, 2.75) is 51.2 Å². The molecule has 2 saturated heterocycles. The summed E-state index contributed by atoms with van der Waals surface area (Å²) >= 11 is 0. The Hall–Kier alpha value is -2.86. The molecule has 0 aliphatic carbocycles. The molecule has 3 unspecified atom stereocenters. The van der Waals surface area contributed by atoms with E-state index in [9.17, 15) is 9.59 Å². The highest BCUT2D eigenvalue weighted by atomic mass is 16.5. The highest BCUT2D eigenvalue weighted by Gasteiger charge is 2.31. The molecule has 0 bridgehead atoms. The number of ether oxygens (including phenoxy) is 1. The number of amides is 2. The molecule has 33 heavy (non-hydrogen) atoms. The summed E-state index contributed by atoms with van der Waals surface area (Å²) in [6, 6.07) is 17.9. The predicted molar refractivity (Wildman–Crippen MR) is 129 cm³/mol. The summed E-state index contributed by atoms with van der Waals surface area (Å²) in [5.41, 5.74) is 1.79. The molecule has 3 atom stereocenters. The van der Waals surface area contributed by atoms with Gasteiger partial charge in [-0.2, -0.15) is 0 Å². The van der Waals surface area contributed by atoms with Crippen molar-refractivity contribution in [2.24, 2.45) is 0 Å². The fraction of sp³-hybridized carbons (Fsp3) is 0.481. The van der Waals surface area contributed by atoms with Crippen LogP contribution < -0.4 is 4.74 Å². The summed E-state index contributed by atoms with van der Waals surface area (Å²) < 4.78 is 5.78. The molecule has 0 radical (unpaired) electrons. The van der Waals surface area contributed by atoms with E-state index in [2.05, 4.69) is 37.9 Å². The van der Waals surface area contributed by atoms with E-state index in [0.717, 1.165) is 31.5 Å². The fourth-order valence-corrected chi connectivity index (χ4v) is 5.12. The highest BCUT2D eigenvalue weighted by Crippen LogP contribution is 2.27. The molecule has 0 aromatic heterocycles. The third-order valence-electron chi connectivity index (χ3n) is 6.97. The van der Waals surface area contributed by atoms with Gasteiger partial charge in [0.25, 0.3) is 11.8 Å². The average Bonchev–Trinajstić information content (AvgIpc) is 2.83. The van der Waals surface area contributed by atoms with Crippen LogP contribution >= 0.6 is 0 Å². The Morgan fingerprint density at radius 2 is 1.61 bits per heavy atom. The molecular weight excluding hydrogens is 414 g/mol. The van der Waals surface area contributed by atoms with Crippen molar-refractivity contribution in [3.63, 3.8) is 0 Å². The van der Waals surface area contributed by atoms with E-state index >= 15 is 0 Å². The second-order valence-electron chi connectivity index (χ2n) is 9.43. The standard InChI is InChI=1S/C27H35N3O3/c1-20-8-7-9-21(2)30(20)26(31)19-33-24-14-12-23(13-15-24)27(32)29-17-16-28(3)18-25(29)22-10-5-4-6-11-22/h4-6,10-15,20-21,25H,7-9,16-19H2,1-3H3. The van der Waals surface area contributed by atoms with E-state index < -0.39 is 0 Å². The van der Waals surface area contributed by atoms with Crippen LogP contribution in [0.4, 0.5) is 0 Å². The number of piperazine rings is 1. The van der Waals surface area contributed by atoms with Crippen molar-refractivity contribution in [1.29, 1.82) is 0 Å². The minimum atomic E-state index is 0.0237. The quantitative estimate of drug-likeness (QED) is 0.693. The van der Waals surface area contributed by atoms with Gasteiger partial charge in [-0.15, -0.1) is 0 Å². The summed E-state index contributed by atoms with van der Waals surface area (Å²) in [5, 5.41) is 0. The molecular formula is C27H35N3O3. The van der Waals surface area contributed by atoms with Crippen molar-refractivity contribution < 1.29 is 14.3 Å². The zero-order valence-corrected chi connectivity index (χ0v) is 19.9. The number of rotatable bonds is 5. The van der Waals surface area contributed by atoms with Crippen LogP contribution in [-0.2, 0) is 4.79 Å². The number of carbonyl (C=O) groups excluding carboxylic acids is 2. The second-order valence-corrected chi connectivity index (χ2v) is 9.43. The molecule has 0 spiro atoms. The zero-order chi connectivity index (χ0) is 23.4. The third kappa shape index (κ3) is 5.38. The monoisotopic (exact) mass is 449 g/mol. The predicted octanol–water partition coefficient (Wildman–Crippen LogP) is 3.98. The van der Waals surface area contributed by atoms with Crippen molar-refractivity contribution >= 4 is 11.8 Å². The number of hydrogen-bond acceptors (Lipinski definition) is 4. The van der Waals surface area contributed by atoms with Crippen LogP contribution in [0.3, 0.4) is 0 Å². The number of hydrogen-bond donors (Lipinski definition) is 0. The number of likely N-dealkylation sites (tertiary alicyclic amines) is 1. The van der Waals surface area contributed by atoms with Gasteiger partial charge in [0.15, 0.2) is 6.61 Å². The highest BCUT2D eigenvalue weighted by molar-refractivity contribution is 5.94. The minimum Gasteiger partial charge on any atom is -0.484 e. The Kier molecular flexibility index (Phi) is 7.33. The Labute approximate surface area is 197 Å². The van der Waals surface area contributed by atoms with Gasteiger partial charge in [0.1, 0.15) is 5.75 Å². The largest absolute Gasteiger partial charge is 0.484 e. The fourth-order valence-electron chi connectivity index (χ4n) is 5.12. The molecule has 2 amide bonds. The lowest BCUT2D eigenvalue weighted by Gasteiger charge is -2.40. The van der Waals surface area contributed by atoms with Crippen molar-refractivity contribution in [1.82, 2.24) is 14.7 Å². The SMILES string of the molecule is CC1CCCC(C)N1C(=O)COc1ccc(C(=O)N2CCN(C)CC2c2ccccc2)cc1. The molecule has 6 nitrogen and oxygen atoms in total. The zero-order valence-electron chi connectivity index (χ0n) is 19.9. The van der Waals surface area contributed by atoms with Crippen LogP contribution in [-0.4, -0.2) is 71.9 Å². The van der Waals surface area contributed by atoms with Crippen LogP contribution in [0.5, 0.6) is 5.75 Å². The van der Waals surface area contributed by atoms with E-state index in [1.807, 2.05) is 28.0 Å². The lowest BCUT2D eigenvalue weighted by Crippen LogP contribution is -2.49. The topological polar surface area (TPSA) is 53.1 Å². The summed E-state index contributed by atoms with van der Waals surface area (Å²) in [4.78, 5) is 32.2. The molecule has 2 aromatic carbocycles. The molecule has 2 aliphatic rings. The first-order valence-electron chi connectivity index (χ1n) is 12.0. The maximum absolute atomic E-state index is 13.4. The smallest absolute Gasteiger partial charge is 0.260 e. The van der Waals surface area contributed by atoms with Gasteiger partial charge in [-0.05, 0) is 70.0 Å². The van der Waals surface area contributed by atoms with E-state index in [1.54, 1.807) is 24.3 Å². The van der Waals surface area contributed by atoms with Gasteiger partial charge >= 0.3 is 0 Å². The third-order valence-corrected chi connectivity index (χ3v) is 6.97. The Bertz CT molecular complexity index is 937. The summed E-state index contributed by atoms with van der Waals surface area (Å²) in [6.45, 7) is 6.59. The molecule has 6 heteroatoms. The van der Waals surface area contributed by atoms with Crippen LogP contribution in [0, 0.1) is 0 Å². The normalized spacial score (nSPS) is 23.9. The van der Waals surface area contributed by atoms with Gasteiger partial charge in [0.2, 0.25) is 0 Å². The molecule has 0 N–H and O–H groups in total. The Balaban J connectivity index is 1.40. The first-order chi connectivity index (χ1) is 15.9. The van der Waals surface area contributed by atoms with Crippen molar-refractivity contribution in [2.75, 3.05) is 33.3 Å². The van der Waals surface area contributed by atoms with Crippen LogP contribution in [0.1, 0.15) is 55.1 Å². The number of piperidine rings is 1. The van der Waals surface area contributed by atoms with E-state index in [-0.39, 0.29) is 36.5 Å². The van der Waals surface area contributed by atoms with Gasteiger partial charge in [-0.1, -0.05) is 30.3 Å². The lowest BCUT2D eigenvalue weighted by molar-refractivity contribution is -0.139. The summed E-state index contributed by atoms with van der Waals surface area (Å²) in [6.07, 6.45) is 3.26. The van der Waals surface area contributed by atoms with E-state index in [1.165, 1.54) is 6.42 Å². The van der Waals surface area contributed by atoms with Gasteiger partial charge in [0, 0.05) is 37.3 Å². The van der Waals surface area contributed by atoms with Gasteiger partial charge < -0.3 is 19.4 Å². The molecule has 176 valence electrons. The van der Waals surface area contributed by atoms with Gasteiger partial charge in [0.05, 0.1) is 6.04 Å². The number of carbonyl (C=O) groups is 2. The molecule has 0 saturated carbocycles. The van der Waals surface area contributed by atoms with Crippen LogP contribution in [0.2, 0.25) is 0 Å². The minimum absolute atomic E-state index is 0.0237. The maximum Gasteiger partial charge on any atom is 0.260 e.